The third-order valence-corrected chi connectivity index (χ3v) is 4.63. The van der Waals surface area contributed by atoms with Gasteiger partial charge in [-0.25, -0.2) is 0 Å². The molecule has 0 bridgehead atoms. The quantitative estimate of drug-likeness (QED) is 0.779. The summed E-state index contributed by atoms with van der Waals surface area (Å²) in [4.78, 5) is 14.2. The lowest BCUT2D eigenvalue weighted by Gasteiger charge is -2.24. The van der Waals surface area contributed by atoms with Crippen LogP contribution >= 0.6 is 0 Å². The first-order valence-electron chi connectivity index (χ1n) is 6.72. The van der Waals surface area contributed by atoms with Gasteiger partial charge in [0.1, 0.15) is 0 Å². The van der Waals surface area contributed by atoms with Crippen LogP contribution in [0.4, 0.5) is 0 Å². The minimum absolute atomic E-state index is 0.357. The predicted molar refractivity (Wildman–Crippen MR) is 63.0 cm³/mol. The summed E-state index contributed by atoms with van der Waals surface area (Å²) in [5.41, 5.74) is 0. The van der Waals surface area contributed by atoms with Crippen LogP contribution in [0.3, 0.4) is 0 Å². The molecule has 3 atom stereocenters. The average Bonchev–Trinajstić information content (AvgIpc) is 2.72. The Hall–Kier alpha value is -0.570. The lowest BCUT2D eigenvalue weighted by atomic mass is 10.0. The molecule has 1 saturated heterocycles. The van der Waals surface area contributed by atoms with Gasteiger partial charge >= 0.3 is 0 Å². The van der Waals surface area contributed by atoms with Crippen molar-refractivity contribution in [3.63, 3.8) is 0 Å². The Morgan fingerprint density at radius 1 is 1.31 bits per heavy atom. The van der Waals surface area contributed by atoms with E-state index in [4.69, 9.17) is 0 Å². The van der Waals surface area contributed by atoms with Crippen LogP contribution in [0.5, 0.6) is 0 Å². The van der Waals surface area contributed by atoms with Crippen LogP contribution in [0.2, 0.25) is 0 Å². The van der Waals surface area contributed by atoms with E-state index in [0.29, 0.717) is 17.9 Å². The number of hydrogen-bond acceptors (Lipinski definition) is 2. The minimum Gasteiger partial charge on any atom is -0.344 e. The van der Waals surface area contributed by atoms with Gasteiger partial charge in [0, 0.05) is 25.6 Å². The van der Waals surface area contributed by atoms with Gasteiger partial charge in [-0.15, -0.1) is 0 Å². The molecule has 3 rings (SSSR count). The molecule has 90 valence electrons. The van der Waals surface area contributed by atoms with Crippen molar-refractivity contribution in [1.82, 2.24) is 10.2 Å². The second-order valence-corrected chi connectivity index (χ2v) is 5.94. The van der Waals surface area contributed by atoms with Gasteiger partial charge in [-0.2, -0.15) is 0 Å². The number of nitrogens with one attached hydrogen (secondary N) is 1. The van der Waals surface area contributed by atoms with E-state index in [1.54, 1.807) is 0 Å². The summed E-state index contributed by atoms with van der Waals surface area (Å²) in [6.07, 6.45) is 6.24. The predicted octanol–water partition coefficient (Wildman–Crippen LogP) is 1.24. The van der Waals surface area contributed by atoms with Gasteiger partial charge in [-0.05, 0) is 50.5 Å². The summed E-state index contributed by atoms with van der Waals surface area (Å²) in [6.45, 7) is 2.03. The molecule has 0 aromatic rings. The highest BCUT2D eigenvalue weighted by Crippen LogP contribution is 2.54. The molecule has 0 aromatic heterocycles. The number of fused-ring (bicyclic) bond motifs is 1. The summed E-state index contributed by atoms with van der Waals surface area (Å²) in [5.74, 6) is 2.58. The molecule has 2 aliphatic carbocycles. The maximum atomic E-state index is 12.2. The Labute approximate surface area is 97.6 Å². The zero-order chi connectivity index (χ0) is 11.1. The summed E-state index contributed by atoms with van der Waals surface area (Å²) < 4.78 is 0. The van der Waals surface area contributed by atoms with Crippen LogP contribution < -0.4 is 5.32 Å². The standard InChI is InChI=1S/C13H22N2O/c1-15(8-12-3-2-4-14-12)13(16)11-6-9-5-10(9)7-11/h9-12,14H,2-8H2,1H3. The topological polar surface area (TPSA) is 32.3 Å². The van der Waals surface area contributed by atoms with Gasteiger partial charge in [-0.1, -0.05) is 0 Å². The van der Waals surface area contributed by atoms with Crippen molar-refractivity contribution in [2.24, 2.45) is 17.8 Å². The van der Waals surface area contributed by atoms with E-state index in [1.165, 1.54) is 32.1 Å². The molecule has 0 radical (unpaired) electrons. The molecule has 0 spiro atoms. The van der Waals surface area contributed by atoms with E-state index in [2.05, 4.69) is 5.32 Å². The zero-order valence-corrected chi connectivity index (χ0v) is 10.1. The molecule has 1 N–H and O–H groups in total. The fraction of sp³-hybridized carbons (Fsp3) is 0.923. The first-order chi connectivity index (χ1) is 7.74. The summed E-state index contributed by atoms with van der Waals surface area (Å²) in [6, 6.07) is 0.546. The van der Waals surface area contributed by atoms with Crippen molar-refractivity contribution in [3.05, 3.63) is 0 Å². The maximum absolute atomic E-state index is 12.2. The Morgan fingerprint density at radius 3 is 2.69 bits per heavy atom. The lowest BCUT2D eigenvalue weighted by molar-refractivity contribution is -0.134. The second-order valence-electron chi connectivity index (χ2n) is 5.94. The van der Waals surface area contributed by atoms with Crippen molar-refractivity contribution in [1.29, 1.82) is 0 Å². The molecular formula is C13H22N2O. The van der Waals surface area contributed by atoms with Crippen molar-refractivity contribution in [2.45, 2.75) is 38.1 Å². The molecule has 3 nitrogen and oxygen atoms in total. The average molecular weight is 222 g/mol. The van der Waals surface area contributed by atoms with Gasteiger partial charge in [-0.3, -0.25) is 4.79 Å². The van der Waals surface area contributed by atoms with E-state index >= 15 is 0 Å². The normalized spacial score (nSPS) is 40.8. The van der Waals surface area contributed by atoms with Gasteiger partial charge in [0.15, 0.2) is 0 Å². The second kappa shape index (κ2) is 4.02. The van der Waals surface area contributed by atoms with E-state index in [0.717, 1.165) is 24.9 Å². The first-order valence-corrected chi connectivity index (χ1v) is 6.72. The molecule has 0 aromatic carbocycles. The van der Waals surface area contributed by atoms with Gasteiger partial charge in [0.2, 0.25) is 5.91 Å². The highest BCUT2D eigenvalue weighted by atomic mass is 16.2. The lowest BCUT2D eigenvalue weighted by Crippen LogP contribution is -2.41. The maximum Gasteiger partial charge on any atom is 0.225 e. The first kappa shape index (κ1) is 10.6. The monoisotopic (exact) mass is 222 g/mol. The van der Waals surface area contributed by atoms with Crippen molar-refractivity contribution in [3.8, 4) is 0 Å². The third kappa shape index (κ3) is 1.97. The third-order valence-electron chi connectivity index (χ3n) is 4.63. The minimum atomic E-state index is 0.357. The van der Waals surface area contributed by atoms with Crippen LogP contribution in [0.1, 0.15) is 32.1 Å². The molecule has 3 heteroatoms. The highest BCUT2D eigenvalue weighted by Gasteiger charge is 2.48. The number of rotatable bonds is 3. The zero-order valence-electron chi connectivity index (χ0n) is 10.1. The fourth-order valence-electron chi connectivity index (χ4n) is 3.56. The Bertz CT molecular complexity index is 276. The summed E-state index contributed by atoms with van der Waals surface area (Å²) in [7, 11) is 1.98. The van der Waals surface area contributed by atoms with Crippen molar-refractivity contribution >= 4 is 5.91 Å². The van der Waals surface area contributed by atoms with E-state index in [9.17, 15) is 4.79 Å². The summed E-state index contributed by atoms with van der Waals surface area (Å²) in [5, 5.41) is 3.46. The van der Waals surface area contributed by atoms with Gasteiger partial charge in [0.25, 0.3) is 0 Å². The number of hydrogen-bond donors (Lipinski definition) is 1. The van der Waals surface area contributed by atoms with Crippen LogP contribution in [-0.4, -0.2) is 37.0 Å². The molecule has 3 unspecified atom stereocenters. The molecule has 1 heterocycles. The Kier molecular flexibility index (Phi) is 2.66. The van der Waals surface area contributed by atoms with E-state index in [1.807, 2.05) is 11.9 Å². The molecule has 1 aliphatic heterocycles. The molecule has 3 fully saturated rings. The Morgan fingerprint density at radius 2 is 2.06 bits per heavy atom. The molecule has 2 saturated carbocycles. The van der Waals surface area contributed by atoms with Gasteiger partial charge < -0.3 is 10.2 Å². The van der Waals surface area contributed by atoms with Crippen LogP contribution in [-0.2, 0) is 4.79 Å². The van der Waals surface area contributed by atoms with Crippen molar-refractivity contribution < 1.29 is 4.79 Å². The number of amides is 1. The smallest absolute Gasteiger partial charge is 0.225 e. The fourth-order valence-corrected chi connectivity index (χ4v) is 3.56. The van der Waals surface area contributed by atoms with Gasteiger partial charge in [0.05, 0.1) is 0 Å². The van der Waals surface area contributed by atoms with Crippen LogP contribution in [0.15, 0.2) is 0 Å². The van der Waals surface area contributed by atoms with Crippen molar-refractivity contribution in [2.75, 3.05) is 20.1 Å². The van der Waals surface area contributed by atoms with E-state index < -0.39 is 0 Å². The largest absolute Gasteiger partial charge is 0.344 e. The summed E-state index contributed by atoms with van der Waals surface area (Å²) >= 11 is 0. The number of carbonyl (C=O) groups excluding carboxylic acids is 1. The SMILES string of the molecule is CN(CC1CCCN1)C(=O)C1CC2CC2C1. The number of nitrogens with zero attached hydrogens (tertiary/aromatic N) is 1. The molecular weight excluding hydrogens is 200 g/mol. The van der Waals surface area contributed by atoms with Crippen LogP contribution in [0, 0.1) is 17.8 Å². The number of carbonyl (C=O) groups is 1. The van der Waals surface area contributed by atoms with E-state index in [-0.39, 0.29) is 0 Å². The molecule has 1 amide bonds. The number of likely N-dealkylation sites (N-methyl/N-ethyl adjacent to an activating group) is 1. The highest BCUT2D eigenvalue weighted by molar-refractivity contribution is 5.79. The molecule has 16 heavy (non-hydrogen) atoms. The Balaban J connectivity index is 1.49. The molecule has 3 aliphatic rings. The van der Waals surface area contributed by atoms with Crippen LogP contribution in [0.25, 0.3) is 0 Å².